The average Bonchev–Trinajstić information content (AvgIpc) is 1.96. The Balaban J connectivity index is 5.55. The number of carbonyl (C=O) groups is 2. The minimum Gasteiger partial charge on any atom is -0.481 e. The maximum absolute atomic E-state index is 10.9. The molecule has 10 nitrogen and oxygen atoms in total. The van der Waals surface area contributed by atoms with Crippen LogP contribution >= 0.6 is 15.2 Å². The van der Waals surface area contributed by atoms with Gasteiger partial charge in [-0.05, 0) is 0 Å². The second-order valence-corrected chi connectivity index (χ2v) is 6.70. The molecule has 0 aromatic carbocycles. The van der Waals surface area contributed by atoms with Gasteiger partial charge in [-0.1, -0.05) is 0 Å². The predicted octanol–water partition coefficient (Wildman–Crippen LogP) is -1.36. The summed E-state index contributed by atoms with van der Waals surface area (Å²) in [7, 11) is -10.7. The summed E-state index contributed by atoms with van der Waals surface area (Å²) in [6.07, 6.45) is -1.37. The zero-order valence-corrected chi connectivity index (χ0v) is 9.86. The van der Waals surface area contributed by atoms with Gasteiger partial charge in [-0.2, -0.15) is 0 Å². The SMILES string of the molecule is O=C(O)CC(C(C(=O)O)P(=O)(O)O)P(=O)(O)O. The van der Waals surface area contributed by atoms with E-state index in [9.17, 15) is 18.7 Å². The van der Waals surface area contributed by atoms with Crippen LogP contribution in [0.5, 0.6) is 0 Å². The number of aliphatic carboxylic acids is 2. The van der Waals surface area contributed by atoms with Crippen molar-refractivity contribution in [2.75, 3.05) is 0 Å². The Bertz CT molecular complexity index is 403. The van der Waals surface area contributed by atoms with Gasteiger partial charge >= 0.3 is 27.1 Å². The molecule has 0 saturated carbocycles. The molecule has 2 unspecified atom stereocenters. The molecule has 0 aromatic rings. The van der Waals surface area contributed by atoms with Crippen LogP contribution in [0.2, 0.25) is 0 Å². The molecule has 0 bridgehead atoms. The van der Waals surface area contributed by atoms with Gasteiger partial charge in [-0.3, -0.25) is 18.7 Å². The summed E-state index contributed by atoms with van der Waals surface area (Å²) in [5.74, 6) is -3.95. The van der Waals surface area contributed by atoms with Crippen LogP contribution in [0.3, 0.4) is 0 Å². The molecule has 0 fully saturated rings. The first-order valence-corrected chi connectivity index (χ1v) is 7.28. The molecule has 0 amide bonds. The number of rotatable bonds is 6. The quantitative estimate of drug-likeness (QED) is 0.318. The van der Waals surface area contributed by atoms with Crippen LogP contribution in [0.15, 0.2) is 0 Å². The van der Waals surface area contributed by atoms with Gasteiger partial charge < -0.3 is 29.8 Å². The van der Waals surface area contributed by atoms with Crippen molar-refractivity contribution >= 4 is 27.1 Å². The number of carboxylic acids is 2. The van der Waals surface area contributed by atoms with Crippen LogP contribution in [0, 0.1) is 0 Å². The fourth-order valence-electron chi connectivity index (χ4n) is 1.13. The van der Waals surface area contributed by atoms with Crippen molar-refractivity contribution in [3.63, 3.8) is 0 Å². The molecule has 0 aliphatic heterocycles. The topological polar surface area (TPSA) is 190 Å². The van der Waals surface area contributed by atoms with Gasteiger partial charge in [0.1, 0.15) is 0 Å². The largest absolute Gasteiger partial charge is 0.481 e. The summed E-state index contributed by atoms with van der Waals surface area (Å²) in [5, 5.41) is 16.9. The van der Waals surface area contributed by atoms with E-state index in [4.69, 9.17) is 29.8 Å². The van der Waals surface area contributed by atoms with Gasteiger partial charge in [0.25, 0.3) is 0 Å². The lowest BCUT2D eigenvalue weighted by molar-refractivity contribution is -0.138. The summed E-state index contributed by atoms with van der Waals surface area (Å²) in [6, 6.07) is 0. The lowest BCUT2D eigenvalue weighted by Crippen LogP contribution is -2.35. The van der Waals surface area contributed by atoms with Crippen LogP contribution in [0.1, 0.15) is 6.42 Å². The first-order valence-electron chi connectivity index (χ1n) is 3.92. The Kier molecular flexibility index (Phi) is 5.02. The highest BCUT2D eigenvalue weighted by Crippen LogP contribution is 2.55. The minimum absolute atomic E-state index is 1.37. The third-order valence-electron chi connectivity index (χ3n) is 1.80. The molecule has 100 valence electrons. The zero-order chi connectivity index (χ0) is 14.0. The van der Waals surface area contributed by atoms with E-state index in [1.54, 1.807) is 0 Å². The molecule has 0 aliphatic rings. The highest BCUT2D eigenvalue weighted by Gasteiger charge is 2.50. The molecular formula is C5H10O10P2. The summed E-state index contributed by atoms with van der Waals surface area (Å²) in [5.41, 5.74) is -5.25. The highest BCUT2D eigenvalue weighted by molar-refractivity contribution is 7.58. The average molecular weight is 292 g/mol. The van der Waals surface area contributed by atoms with Crippen molar-refractivity contribution in [3.8, 4) is 0 Å². The second kappa shape index (κ2) is 5.26. The van der Waals surface area contributed by atoms with E-state index in [1.165, 1.54) is 0 Å². The van der Waals surface area contributed by atoms with E-state index in [0.29, 0.717) is 0 Å². The maximum atomic E-state index is 10.9. The first kappa shape index (κ1) is 16.2. The Morgan fingerprint density at radius 1 is 0.941 bits per heavy atom. The third kappa shape index (κ3) is 4.95. The lowest BCUT2D eigenvalue weighted by Gasteiger charge is -2.23. The standard InChI is InChI=1S/C5H10O10P2/c6-3(7)1-2(16(10,11)12)4(5(8)9)17(13,14)15/h2,4H,1H2,(H,6,7)(H,8,9)(H2,10,11,12)(H2,13,14,15). The van der Waals surface area contributed by atoms with E-state index in [1.807, 2.05) is 0 Å². The monoisotopic (exact) mass is 292 g/mol. The molecule has 0 aromatic heterocycles. The van der Waals surface area contributed by atoms with Gasteiger partial charge in [0.05, 0.1) is 12.1 Å². The molecule has 0 saturated heterocycles. The molecule has 6 N–H and O–H groups in total. The summed E-state index contributed by atoms with van der Waals surface area (Å²) in [6.45, 7) is 0. The van der Waals surface area contributed by atoms with Crippen LogP contribution in [-0.4, -0.2) is 53.0 Å². The van der Waals surface area contributed by atoms with Crippen molar-refractivity contribution in [1.82, 2.24) is 0 Å². The van der Waals surface area contributed by atoms with Crippen LogP contribution < -0.4 is 0 Å². The molecule has 12 heteroatoms. The molecule has 2 atom stereocenters. The van der Waals surface area contributed by atoms with Crippen molar-refractivity contribution < 1.29 is 48.5 Å². The molecule has 0 heterocycles. The van der Waals surface area contributed by atoms with E-state index in [2.05, 4.69) is 0 Å². The number of carboxylic acid groups (broad SMARTS) is 2. The predicted molar refractivity (Wildman–Crippen MR) is 51.6 cm³/mol. The number of hydrogen-bond acceptors (Lipinski definition) is 4. The second-order valence-electron chi connectivity index (χ2n) is 3.13. The zero-order valence-electron chi connectivity index (χ0n) is 8.07. The fraction of sp³-hybridized carbons (Fsp3) is 0.600. The van der Waals surface area contributed by atoms with E-state index < -0.39 is 44.9 Å². The number of hydrogen-bond donors (Lipinski definition) is 6. The molecule has 0 radical (unpaired) electrons. The van der Waals surface area contributed by atoms with Crippen LogP contribution in [-0.2, 0) is 18.7 Å². The molecule has 0 aliphatic carbocycles. The van der Waals surface area contributed by atoms with Gasteiger partial charge in [0.15, 0.2) is 5.66 Å². The Morgan fingerprint density at radius 3 is 1.53 bits per heavy atom. The van der Waals surface area contributed by atoms with Crippen molar-refractivity contribution in [1.29, 1.82) is 0 Å². The van der Waals surface area contributed by atoms with Crippen LogP contribution in [0.25, 0.3) is 0 Å². The molecule has 17 heavy (non-hydrogen) atoms. The minimum atomic E-state index is -5.40. The first-order chi connectivity index (χ1) is 7.37. The summed E-state index contributed by atoms with van der Waals surface area (Å²) >= 11 is 0. The third-order valence-corrected chi connectivity index (χ3v) is 4.68. The smallest absolute Gasteiger partial charge is 0.340 e. The van der Waals surface area contributed by atoms with Gasteiger partial charge in [-0.15, -0.1) is 0 Å². The Labute approximate surface area is 94.2 Å². The van der Waals surface area contributed by atoms with Crippen molar-refractivity contribution in [2.24, 2.45) is 0 Å². The Hall–Kier alpha value is -0.760. The van der Waals surface area contributed by atoms with E-state index >= 15 is 0 Å². The molecule has 0 rings (SSSR count). The van der Waals surface area contributed by atoms with E-state index in [0.717, 1.165) is 0 Å². The van der Waals surface area contributed by atoms with Crippen molar-refractivity contribution in [3.05, 3.63) is 0 Å². The van der Waals surface area contributed by atoms with Gasteiger partial charge in [-0.25, -0.2) is 0 Å². The Morgan fingerprint density at radius 2 is 1.35 bits per heavy atom. The van der Waals surface area contributed by atoms with Gasteiger partial charge in [0, 0.05) is 0 Å². The fourth-order valence-corrected chi connectivity index (χ4v) is 3.90. The van der Waals surface area contributed by atoms with E-state index in [-0.39, 0.29) is 0 Å². The molecular weight excluding hydrogens is 282 g/mol. The highest BCUT2D eigenvalue weighted by atomic mass is 31.2. The normalized spacial score (nSPS) is 16.2. The lowest BCUT2D eigenvalue weighted by atomic mass is 10.2. The van der Waals surface area contributed by atoms with Gasteiger partial charge in [0.2, 0.25) is 0 Å². The molecule has 0 spiro atoms. The maximum Gasteiger partial charge on any atom is 0.340 e. The summed E-state index contributed by atoms with van der Waals surface area (Å²) in [4.78, 5) is 55.8. The summed E-state index contributed by atoms with van der Waals surface area (Å²) < 4.78 is 21.7. The van der Waals surface area contributed by atoms with Crippen LogP contribution in [0.4, 0.5) is 0 Å². The van der Waals surface area contributed by atoms with Crippen molar-refractivity contribution in [2.45, 2.75) is 17.7 Å².